The first-order valence-electron chi connectivity index (χ1n) is 7.79. The molecule has 1 amide bonds. The van der Waals surface area contributed by atoms with Gasteiger partial charge in [-0.1, -0.05) is 30.9 Å². The maximum Gasteiger partial charge on any atom is 0.344 e. The van der Waals surface area contributed by atoms with Crippen LogP contribution in [-0.4, -0.2) is 30.6 Å². The minimum absolute atomic E-state index is 0.307. The molecule has 1 fully saturated rings. The fraction of sp³-hybridized carbons (Fsp3) is 0.471. The number of nitriles is 1. The van der Waals surface area contributed by atoms with Gasteiger partial charge in [0.1, 0.15) is 11.3 Å². The number of hydrogen-bond donors (Lipinski definition) is 1. The summed E-state index contributed by atoms with van der Waals surface area (Å²) < 4.78 is 10.1. The van der Waals surface area contributed by atoms with E-state index in [9.17, 15) is 14.9 Å². The lowest BCUT2D eigenvalue weighted by molar-refractivity contribution is -0.150. The van der Waals surface area contributed by atoms with E-state index in [0.29, 0.717) is 23.6 Å². The molecule has 1 aliphatic carbocycles. The summed E-state index contributed by atoms with van der Waals surface area (Å²) in [5, 5.41) is 12.5. The lowest BCUT2D eigenvalue weighted by Gasteiger charge is -2.31. The van der Waals surface area contributed by atoms with Crippen molar-refractivity contribution in [2.45, 2.75) is 37.6 Å². The van der Waals surface area contributed by atoms with Gasteiger partial charge in [-0.2, -0.15) is 5.26 Å². The number of amides is 1. The molecular formula is C17H19ClN2O4. The number of nitrogens with zero attached hydrogens (tertiary/aromatic N) is 1. The van der Waals surface area contributed by atoms with Gasteiger partial charge in [-0.25, -0.2) is 4.79 Å². The van der Waals surface area contributed by atoms with Gasteiger partial charge in [0.05, 0.1) is 6.07 Å². The summed E-state index contributed by atoms with van der Waals surface area (Å²) >= 11 is 5.75. The Hall–Kier alpha value is -2.26. The third-order valence-corrected chi connectivity index (χ3v) is 4.09. The van der Waals surface area contributed by atoms with Gasteiger partial charge in [0.2, 0.25) is 0 Å². The highest BCUT2D eigenvalue weighted by Crippen LogP contribution is 2.27. The summed E-state index contributed by atoms with van der Waals surface area (Å²) in [5.74, 6) is -0.653. The highest BCUT2D eigenvalue weighted by atomic mass is 35.5. The van der Waals surface area contributed by atoms with Gasteiger partial charge in [0, 0.05) is 5.02 Å². The minimum Gasteiger partial charge on any atom is -0.482 e. The van der Waals surface area contributed by atoms with Crippen LogP contribution in [0.5, 0.6) is 5.75 Å². The number of hydrogen-bond acceptors (Lipinski definition) is 5. The molecule has 7 heteroatoms. The molecule has 0 saturated heterocycles. The van der Waals surface area contributed by atoms with E-state index in [4.69, 9.17) is 21.1 Å². The van der Waals surface area contributed by atoms with Gasteiger partial charge in [0.25, 0.3) is 5.91 Å². The van der Waals surface area contributed by atoms with E-state index in [2.05, 4.69) is 11.4 Å². The quantitative estimate of drug-likeness (QED) is 0.797. The van der Waals surface area contributed by atoms with E-state index >= 15 is 0 Å². The van der Waals surface area contributed by atoms with Gasteiger partial charge in [-0.3, -0.25) is 4.79 Å². The standard InChI is InChI=1S/C17H19ClN2O4/c18-13-4-6-14(7-5-13)23-11-16(22)24-10-15(21)20-17(12-19)8-2-1-3-9-17/h4-7H,1-3,8-11H2,(H,20,21). The summed E-state index contributed by atoms with van der Waals surface area (Å²) in [6.45, 7) is -0.732. The van der Waals surface area contributed by atoms with Crippen molar-refractivity contribution in [2.24, 2.45) is 0 Å². The monoisotopic (exact) mass is 350 g/mol. The Morgan fingerprint density at radius 1 is 1.17 bits per heavy atom. The largest absolute Gasteiger partial charge is 0.482 e. The molecule has 1 N–H and O–H groups in total. The Labute approximate surface area is 145 Å². The van der Waals surface area contributed by atoms with E-state index in [0.717, 1.165) is 19.3 Å². The molecule has 0 aromatic heterocycles. The fourth-order valence-electron chi connectivity index (χ4n) is 2.58. The van der Waals surface area contributed by atoms with Crippen LogP contribution in [0.2, 0.25) is 5.02 Å². The summed E-state index contributed by atoms with van der Waals surface area (Å²) in [6, 6.07) is 8.71. The molecule has 24 heavy (non-hydrogen) atoms. The fourth-order valence-corrected chi connectivity index (χ4v) is 2.71. The first-order chi connectivity index (χ1) is 11.5. The topological polar surface area (TPSA) is 88.4 Å². The number of esters is 1. The molecule has 0 heterocycles. The van der Waals surface area contributed by atoms with Crippen LogP contribution in [0.3, 0.4) is 0 Å². The third-order valence-electron chi connectivity index (χ3n) is 3.83. The summed E-state index contributed by atoms with van der Waals surface area (Å²) in [4.78, 5) is 23.5. The number of carbonyl (C=O) groups is 2. The average Bonchev–Trinajstić information content (AvgIpc) is 2.60. The van der Waals surface area contributed by atoms with Crippen LogP contribution in [0.15, 0.2) is 24.3 Å². The van der Waals surface area contributed by atoms with E-state index in [-0.39, 0.29) is 6.61 Å². The predicted octanol–water partition coefficient (Wildman–Crippen LogP) is 2.60. The van der Waals surface area contributed by atoms with Crippen LogP contribution in [-0.2, 0) is 14.3 Å². The Morgan fingerprint density at radius 2 is 1.83 bits per heavy atom. The first-order valence-corrected chi connectivity index (χ1v) is 8.17. The second-order valence-corrected chi connectivity index (χ2v) is 6.14. The lowest BCUT2D eigenvalue weighted by Crippen LogP contribution is -2.50. The molecule has 0 bridgehead atoms. The molecule has 0 aliphatic heterocycles. The number of carbonyl (C=O) groups excluding carboxylic acids is 2. The zero-order chi connectivity index (χ0) is 17.4. The number of benzene rings is 1. The van der Waals surface area contributed by atoms with Crippen molar-refractivity contribution < 1.29 is 19.1 Å². The highest BCUT2D eigenvalue weighted by Gasteiger charge is 2.33. The number of nitrogens with one attached hydrogen (secondary N) is 1. The molecule has 0 unspecified atom stereocenters. The van der Waals surface area contributed by atoms with E-state index in [1.165, 1.54) is 0 Å². The number of ether oxygens (including phenoxy) is 2. The van der Waals surface area contributed by atoms with Gasteiger partial charge in [-0.15, -0.1) is 0 Å². The van der Waals surface area contributed by atoms with Crippen molar-refractivity contribution in [3.63, 3.8) is 0 Å². The van der Waals surface area contributed by atoms with Crippen LogP contribution in [0, 0.1) is 11.3 Å². The molecule has 1 aliphatic rings. The Bertz CT molecular complexity index is 618. The van der Waals surface area contributed by atoms with Crippen molar-refractivity contribution in [1.82, 2.24) is 5.32 Å². The van der Waals surface area contributed by atoms with E-state index in [1.807, 2.05) is 0 Å². The van der Waals surface area contributed by atoms with E-state index < -0.39 is 24.0 Å². The zero-order valence-electron chi connectivity index (χ0n) is 13.2. The SMILES string of the molecule is N#CC1(NC(=O)COC(=O)COc2ccc(Cl)cc2)CCCCC1. The number of rotatable bonds is 6. The van der Waals surface area contributed by atoms with E-state index in [1.54, 1.807) is 24.3 Å². The second-order valence-electron chi connectivity index (χ2n) is 5.71. The molecule has 128 valence electrons. The Morgan fingerprint density at radius 3 is 2.46 bits per heavy atom. The minimum atomic E-state index is -0.832. The molecule has 1 aromatic carbocycles. The molecule has 0 radical (unpaired) electrons. The van der Waals surface area contributed by atoms with Crippen molar-refractivity contribution >= 4 is 23.5 Å². The molecule has 1 saturated carbocycles. The summed E-state index contributed by atoms with van der Waals surface area (Å²) in [6.07, 6.45) is 4.13. The van der Waals surface area contributed by atoms with Crippen molar-refractivity contribution in [2.75, 3.05) is 13.2 Å². The lowest BCUT2D eigenvalue weighted by atomic mass is 9.83. The van der Waals surface area contributed by atoms with Gasteiger partial charge < -0.3 is 14.8 Å². The van der Waals surface area contributed by atoms with Crippen LogP contribution in [0.4, 0.5) is 0 Å². The second kappa shape index (κ2) is 8.55. The van der Waals surface area contributed by atoms with Crippen molar-refractivity contribution in [3.8, 4) is 11.8 Å². The third kappa shape index (κ3) is 5.43. The van der Waals surface area contributed by atoms with Crippen LogP contribution >= 0.6 is 11.6 Å². The molecule has 6 nitrogen and oxygen atoms in total. The molecule has 0 atom stereocenters. The van der Waals surface area contributed by atoms with Crippen molar-refractivity contribution in [3.05, 3.63) is 29.3 Å². The van der Waals surface area contributed by atoms with Gasteiger partial charge >= 0.3 is 5.97 Å². The predicted molar refractivity (Wildman–Crippen MR) is 87.5 cm³/mol. The smallest absolute Gasteiger partial charge is 0.344 e. The highest BCUT2D eigenvalue weighted by molar-refractivity contribution is 6.30. The summed E-state index contributed by atoms with van der Waals surface area (Å²) in [7, 11) is 0. The summed E-state index contributed by atoms with van der Waals surface area (Å²) in [5.41, 5.74) is -0.832. The van der Waals surface area contributed by atoms with Gasteiger partial charge in [0.15, 0.2) is 13.2 Å². The van der Waals surface area contributed by atoms with Crippen molar-refractivity contribution in [1.29, 1.82) is 5.26 Å². The maximum atomic E-state index is 11.9. The zero-order valence-corrected chi connectivity index (χ0v) is 14.0. The molecule has 2 rings (SSSR count). The molecular weight excluding hydrogens is 332 g/mol. The normalized spacial score (nSPS) is 15.8. The van der Waals surface area contributed by atoms with Crippen LogP contribution in [0.1, 0.15) is 32.1 Å². The Balaban J connectivity index is 1.72. The maximum absolute atomic E-state index is 11.9. The average molecular weight is 351 g/mol. The number of halogens is 1. The van der Waals surface area contributed by atoms with Gasteiger partial charge in [-0.05, 0) is 37.1 Å². The first kappa shape index (κ1) is 18.1. The van der Waals surface area contributed by atoms with Crippen LogP contribution in [0.25, 0.3) is 0 Å². The molecule has 0 spiro atoms. The molecule has 1 aromatic rings. The Kier molecular flexibility index (Phi) is 6.44. The van der Waals surface area contributed by atoms with Crippen LogP contribution < -0.4 is 10.1 Å².